The predicted octanol–water partition coefficient (Wildman–Crippen LogP) is 6.51. The number of aromatic hydroxyl groups is 2. The Labute approximate surface area is 604 Å². The topological polar surface area (TPSA) is 418 Å². The number of primary amides is 1. The summed E-state index contributed by atoms with van der Waals surface area (Å²) in [5, 5.41) is 71.4. The Kier molecular flexibility index (Phi) is 25.3. The van der Waals surface area contributed by atoms with E-state index in [1.165, 1.54) is 69.4 Å². The zero-order chi connectivity index (χ0) is 75.8. The van der Waals surface area contributed by atoms with Gasteiger partial charge in [0.15, 0.2) is 0 Å². The van der Waals surface area contributed by atoms with Crippen LogP contribution in [0.5, 0.6) is 17.2 Å². The van der Waals surface area contributed by atoms with E-state index in [1.54, 1.807) is 84.0 Å². The summed E-state index contributed by atoms with van der Waals surface area (Å²) in [7, 11) is 1.42. The van der Waals surface area contributed by atoms with Crippen LogP contribution in [0.4, 0.5) is 26.7 Å². The Morgan fingerprint density at radius 3 is 2.17 bits per heavy atom. The minimum atomic E-state index is -2.11. The second-order valence-electron chi connectivity index (χ2n) is 27.4. The van der Waals surface area contributed by atoms with E-state index in [1.807, 2.05) is 4.90 Å². The van der Waals surface area contributed by atoms with Gasteiger partial charge in [-0.25, -0.2) is 14.6 Å². The highest BCUT2D eigenvalue weighted by atomic mass is 32.1. The van der Waals surface area contributed by atoms with E-state index in [-0.39, 0.29) is 144 Å². The lowest BCUT2D eigenvalue weighted by Gasteiger charge is -2.36. The van der Waals surface area contributed by atoms with Gasteiger partial charge in [-0.05, 0) is 75.3 Å². The summed E-state index contributed by atoms with van der Waals surface area (Å²) in [6, 6.07) is 6.82. The fourth-order valence-electron chi connectivity index (χ4n) is 13.2. The van der Waals surface area contributed by atoms with Crippen LogP contribution in [0.25, 0.3) is 31.6 Å². The van der Waals surface area contributed by atoms with E-state index >= 15 is 4.79 Å². The van der Waals surface area contributed by atoms with E-state index < -0.39 is 119 Å². The van der Waals surface area contributed by atoms with Crippen LogP contribution in [-0.4, -0.2) is 182 Å². The number of methoxy groups -OCH3 is 1. The molecule has 9 amide bonds. The number of aromatic nitrogens is 1. The first-order chi connectivity index (χ1) is 49.3. The largest absolute Gasteiger partial charge is 0.507 e. The number of ether oxygens (including phenoxy) is 4. The Bertz CT molecular complexity index is 4260. The minimum absolute atomic E-state index is 0.00334. The van der Waals surface area contributed by atoms with Gasteiger partial charge in [0.2, 0.25) is 23.2 Å². The van der Waals surface area contributed by atoms with Crippen LogP contribution in [0.2, 0.25) is 0 Å². The molecule has 3 aromatic rings. The highest BCUT2D eigenvalue weighted by molar-refractivity contribution is 7.22. The smallest absolute Gasteiger partial charge is 0.410 e. The third kappa shape index (κ3) is 17.4. The Hall–Kier alpha value is -10.0. The number of nitrogens with two attached hydrogens (primary N) is 1. The van der Waals surface area contributed by atoms with Crippen molar-refractivity contribution in [2.45, 2.75) is 150 Å². The minimum Gasteiger partial charge on any atom is -0.507 e. The van der Waals surface area contributed by atoms with Crippen molar-refractivity contribution >= 4 is 103 Å². The van der Waals surface area contributed by atoms with Gasteiger partial charge in [0, 0.05) is 130 Å². The lowest BCUT2D eigenvalue weighted by atomic mass is 9.78. The molecule has 5 aliphatic heterocycles. The van der Waals surface area contributed by atoms with Gasteiger partial charge in [0.25, 0.3) is 23.5 Å². The van der Waals surface area contributed by atoms with Crippen LogP contribution < -0.4 is 47.4 Å². The zero-order valence-corrected chi connectivity index (χ0v) is 60.6. The molecule has 0 aromatic heterocycles. The predicted molar refractivity (Wildman–Crippen MR) is 388 cm³/mol. The monoisotopic (exact) mass is 1460 g/mol. The molecule has 0 unspecified atom stereocenters. The quantitative estimate of drug-likeness (QED) is 0.0171. The first-order valence-electron chi connectivity index (χ1n) is 34.7. The van der Waals surface area contributed by atoms with Crippen molar-refractivity contribution in [3.8, 4) is 27.8 Å². The van der Waals surface area contributed by atoms with Crippen molar-refractivity contribution in [1.82, 2.24) is 30.7 Å². The maximum Gasteiger partial charge on any atom is 0.410 e. The van der Waals surface area contributed by atoms with E-state index in [0.717, 1.165) is 16.2 Å². The first kappa shape index (κ1) is 78.1. The maximum atomic E-state index is 15.2. The summed E-state index contributed by atoms with van der Waals surface area (Å²) in [5.41, 5.74) is 5.49. The molecule has 0 radical (unpaired) electrons. The Balaban J connectivity index is 0.892. The number of fused-ring (bicyclic) bond motifs is 2. The van der Waals surface area contributed by atoms with Crippen LogP contribution in [0.15, 0.2) is 89.5 Å². The number of benzene rings is 4. The first-order valence-corrected chi connectivity index (χ1v) is 35.5. The molecule has 11 atom stereocenters. The molecule has 1 saturated heterocycles. The van der Waals surface area contributed by atoms with E-state index in [9.17, 15) is 68.7 Å². The van der Waals surface area contributed by atoms with Gasteiger partial charge in [0.1, 0.15) is 47.1 Å². The highest BCUT2D eigenvalue weighted by Crippen LogP contribution is 2.52. The number of nitrogens with zero attached hydrogens (tertiary/aromatic N) is 4. The number of imide groups is 1. The van der Waals surface area contributed by atoms with Crippen molar-refractivity contribution in [1.29, 1.82) is 0 Å². The number of rotatable bonds is 20. The summed E-state index contributed by atoms with van der Waals surface area (Å²) in [6.45, 7) is 15.7. The van der Waals surface area contributed by atoms with Crippen LogP contribution in [0.1, 0.15) is 115 Å². The third-order valence-corrected chi connectivity index (χ3v) is 20.8. The average Bonchev–Trinajstić information content (AvgIpc) is 1.38. The van der Waals surface area contributed by atoms with E-state index in [4.69, 9.17) is 29.7 Å². The average molecular weight is 1460 g/mol. The van der Waals surface area contributed by atoms with Crippen LogP contribution in [0.3, 0.4) is 0 Å². The third-order valence-electron chi connectivity index (χ3n) is 19.7. The number of ketones is 1. The van der Waals surface area contributed by atoms with E-state index in [0.29, 0.717) is 40.9 Å². The molecule has 6 aliphatic rings. The molecule has 9 rings (SSSR count). The van der Waals surface area contributed by atoms with Crippen molar-refractivity contribution in [2.24, 2.45) is 35.3 Å². The number of anilines is 3. The molecule has 30 heteroatoms. The van der Waals surface area contributed by atoms with Gasteiger partial charge in [-0.15, -0.1) is 11.3 Å². The van der Waals surface area contributed by atoms with Gasteiger partial charge in [-0.2, -0.15) is 0 Å². The van der Waals surface area contributed by atoms with Gasteiger partial charge in [-0.3, -0.25) is 43.3 Å². The molecule has 1 aliphatic carbocycles. The second kappa shape index (κ2) is 33.6. The SMILES string of the molecule is CO[C@H]1/C=C/O[C@@]2(C)Oc3c(C)c(O)c4c(=O)c(c5sc6cc(N7CCN(C(=O)OCc8ccc(NC(=O)[C@H](CCCNC(N)=O)NC(=O)[C@@H](NC(=O)CCCCCN9C(=O)C=CC9=O)C(C)C)cc8)CC7)cc(O)c6nc-5c4c3C2=O)NC(=O)/C(C)=C\C=C\[C@H](C)[C@H](O)[C@@H](C)[C@@H](O)[C@@H](C)[C@H](O)[C@@H]1C. The molecule has 0 saturated carbocycles. The van der Waals surface area contributed by atoms with Crippen molar-refractivity contribution in [2.75, 3.05) is 61.9 Å². The second-order valence-corrected chi connectivity index (χ2v) is 28.5. The number of allylic oxidation sites excluding steroid dienone is 2. The number of urea groups is 1. The molecule has 558 valence electrons. The van der Waals surface area contributed by atoms with E-state index in [2.05, 4.69) is 26.6 Å². The molecule has 4 bridgehead atoms. The van der Waals surface area contributed by atoms with Crippen LogP contribution in [0, 0.1) is 36.5 Å². The van der Waals surface area contributed by atoms with Crippen molar-refractivity contribution in [3.05, 3.63) is 112 Å². The van der Waals surface area contributed by atoms with Gasteiger partial charge < -0.3 is 86.6 Å². The Morgan fingerprint density at radius 1 is 0.837 bits per heavy atom. The number of phenolic OH excluding ortho intramolecular Hbond substituents is 2. The van der Waals surface area contributed by atoms with Crippen LogP contribution in [-0.2, 0) is 49.6 Å². The fourth-order valence-corrected chi connectivity index (χ4v) is 14.3. The zero-order valence-electron chi connectivity index (χ0n) is 59.8. The maximum absolute atomic E-state index is 15.2. The summed E-state index contributed by atoms with van der Waals surface area (Å²) in [4.78, 5) is 143. The molecule has 5 heterocycles. The van der Waals surface area contributed by atoms with Crippen molar-refractivity contribution in [3.63, 3.8) is 0 Å². The number of piperazine rings is 1. The molecule has 104 heavy (non-hydrogen) atoms. The molecule has 29 nitrogen and oxygen atoms in total. The van der Waals surface area contributed by atoms with Crippen molar-refractivity contribution < 1.29 is 87.6 Å². The summed E-state index contributed by atoms with van der Waals surface area (Å²) in [6.07, 6.45) is 6.81. The summed E-state index contributed by atoms with van der Waals surface area (Å²) < 4.78 is 24.2. The molecule has 0 spiro atoms. The molecule has 3 aromatic carbocycles. The molecule has 12 N–H and O–H groups in total. The lowest BCUT2D eigenvalue weighted by molar-refractivity contribution is -0.137. The lowest BCUT2D eigenvalue weighted by Crippen LogP contribution is -2.54. The fraction of sp³-hybridized carbons (Fsp3) is 0.473. The van der Waals surface area contributed by atoms with Crippen LogP contribution >= 0.6 is 11.3 Å². The number of aliphatic hydroxyl groups excluding tert-OH is 3. The number of Topliss-reactive ketones (excluding diaryl/α,β-unsaturated/α-hetero) is 1. The molecular formula is C74H92N10O19S. The standard InChI is InChI=1S/C74H92N10O19S/c1-37(2)57(79-51(86)19-12-11-13-28-84-52(87)24-25-53(84)88)71(97)78-47(18-15-27-76-72(75)98)70(96)77-45-22-20-44(21-23-45)36-101-73(99)83-31-29-82(30-32-83)46-34-48(85)58-50(35-46)104-67-59(80-58)54-55-64(92)43(8)66-56(54)68(94)74(9,103-66)102-33-26-49(100-10)40(5)62(90)42(7)63(91)41(6)61(89)38(3)16-14-17-39(4)69(95)81-60(67)65(55)93/h14,16-17,20-26,33-35,37-38,40-42,47,49,57,61-63,85,89-92H,11-13,15,18-19,27-32,36H2,1-10H3,(H,77,96)(H,78,97)(H,79,86)(H,81,95)(H3,75,76,98)/b16-14+,33-26+,39-17-/t38-,40+,41+,42-,47-,49-,57-,61-,62+,63+,74-/m0/s1. The molecule has 1 fully saturated rings. The summed E-state index contributed by atoms with van der Waals surface area (Å²) in [5.74, 6) is -10.0. The normalized spacial score (nSPS) is 24.2. The number of unbranched alkanes of at least 4 members (excludes halogenated alkanes) is 2. The number of carbonyl (C=O) groups is 9. The Morgan fingerprint density at radius 2 is 1.51 bits per heavy atom. The number of aliphatic hydroxyl groups is 3. The molecular weight excluding hydrogens is 1360 g/mol. The number of carbonyl (C=O) groups excluding carboxylic acids is 9. The summed E-state index contributed by atoms with van der Waals surface area (Å²) >= 11 is 0.981. The number of hydrogen-bond donors (Lipinski definition) is 11. The number of amides is 9. The number of hydrogen-bond acceptors (Lipinski definition) is 22. The van der Waals surface area contributed by atoms with Gasteiger partial charge >= 0.3 is 17.9 Å². The van der Waals surface area contributed by atoms with Gasteiger partial charge in [0.05, 0.1) is 56.9 Å². The number of phenols is 2. The highest BCUT2D eigenvalue weighted by Gasteiger charge is 2.50. The number of nitrogens with one attached hydrogen (secondary N) is 5. The van der Waals surface area contributed by atoms with Gasteiger partial charge in [-0.1, -0.05) is 78.3 Å².